The largest absolute Gasteiger partial charge is 0.495 e. The molecule has 5 rings (SSSR count). The van der Waals surface area contributed by atoms with E-state index in [9.17, 15) is 8.42 Å². The third-order valence-electron chi connectivity index (χ3n) is 5.71. The Bertz CT molecular complexity index is 1510. The molecule has 4 aromatic rings. The van der Waals surface area contributed by atoms with Gasteiger partial charge in [0.25, 0.3) is 0 Å². The van der Waals surface area contributed by atoms with E-state index in [1.54, 1.807) is 18.3 Å². The van der Waals surface area contributed by atoms with E-state index in [0.29, 0.717) is 28.0 Å². The van der Waals surface area contributed by atoms with Crippen molar-refractivity contribution in [1.29, 1.82) is 0 Å². The predicted molar refractivity (Wildman–Crippen MR) is 149 cm³/mol. The molecule has 1 saturated heterocycles. The van der Waals surface area contributed by atoms with Gasteiger partial charge in [0.2, 0.25) is 10.0 Å². The highest BCUT2D eigenvalue weighted by atomic mass is 32.2. The lowest BCUT2D eigenvalue weighted by molar-refractivity contribution is 0.383. The molecule has 1 aliphatic rings. The molecular formula is C26H24N4O4S3. The van der Waals surface area contributed by atoms with Crippen LogP contribution in [0.1, 0.15) is 23.5 Å². The number of furan rings is 1. The van der Waals surface area contributed by atoms with Crippen LogP contribution >= 0.6 is 24.0 Å². The Labute approximate surface area is 225 Å². The number of pyridine rings is 1. The predicted octanol–water partition coefficient (Wildman–Crippen LogP) is 5.38. The second-order valence-electron chi connectivity index (χ2n) is 8.33. The van der Waals surface area contributed by atoms with E-state index in [4.69, 9.17) is 21.4 Å². The quantitative estimate of drug-likeness (QED) is 0.279. The molecule has 37 heavy (non-hydrogen) atoms. The van der Waals surface area contributed by atoms with Crippen LogP contribution in [0.2, 0.25) is 0 Å². The van der Waals surface area contributed by atoms with Crippen molar-refractivity contribution in [3.05, 3.63) is 96.5 Å². The van der Waals surface area contributed by atoms with Crippen molar-refractivity contribution in [2.24, 2.45) is 0 Å². The van der Waals surface area contributed by atoms with E-state index in [-0.39, 0.29) is 12.1 Å². The molecule has 2 N–H and O–H groups in total. The molecule has 0 amide bonds. The maximum Gasteiger partial charge on any atom is 0.229 e. The molecule has 0 radical (unpaired) electrons. The van der Waals surface area contributed by atoms with Crippen LogP contribution < -0.4 is 19.7 Å². The van der Waals surface area contributed by atoms with Crippen LogP contribution in [0.15, 0.2) is 99.5 Å². The number of nitrogens with one attached hydrogen (secondary N) is 2. The van der Waals surface area contributed by atoms with Crippen LogP contribution in [0.25, 0.3) is 0 Å². The van der Waals surface area contributed by atoms with Gasteiger partial charge in [-0.05, 0) is 66.8 Å². The summed E-state index contributed by atoms with van der Waals surface area (Å²) in [5.74, 6) is 1.08. The highest BCUT2D eigenvalue weighted by Crippen LogP contribution is 2.44. The van der Waals surface area contributed by atoms with Gasteiger partial charge in [-0.25, -0.2) is 8.42 Å². The van der Waals surface area contributed by atoms with Gasteiger partial charge < -0.3 is 19.4 Å². The van der Waals surface area contributed by atoms with Gasteiger partial charge in [-0.1, -0.05) is 36.0 Å². The molecule has 8 nitrogen and oxygen atoms in total. The Kier molecular flexibility index (Phi) is 7.09. The molecule has 11 heteroatoms. The Hall–Kier alpha value is -3.54. The van der Waals surface area contributed by atoms with Gasteiger partial charge >= 0.3 is 0 Å². The molecule has 1 fully saturated rings. The first-order chi connectivity index (χ1) is 17.8. The lowest BCUT2D eigenvalue weighted by atomic mass is 10.0. The number of anilines is 2. The van der Waals surface area contributed by atoms with Gasteiger partial charge in [0.15, 0.2) is 10.2 Å². The minimum atomic E-state index is -3.54. The van der Waals surface area contributed by atoms with E-state index >= 15 is 0 Å². The zero-order valence-corrected chi connectivity index (χ0v) is 22.4. The third kappa shape index (κ3) is 5.58. The van der Waals surface area contributed by atoms with Crippen molar-refractivity contribution in [2.75, 3.05) is 23.0 Å². The number of benzene rings is 2. The van der Waals surface area contributed by atoms with Gasteiger partial charge in [-0.2, -0.15) is 0 Å². The summed E-state index contributed by atoms with van der Waals surface area (Å²) in [5, 5.41) is 4.59. The van der Waals surface area contributed by atoms with Crippen molar-refractivity contribution in [3.8, 4) is 5.75 Å². The Balaban J connectivity index is 1.57. The van der Waals surface area contributed by atoms with E-state index in [2.05, 4.69) is 15.0 Å². The Morgan fingerprint density at radius 3 is 2.57 bits per heavy atom. The molecule has 2 aromatic carbocycles. The number of nitrogens with zero attached hydrogens (tertiary/aromatic N) is 2. The normalized spacial score (nSPS) is 17.5. The molecule has 190 valence electrons. The summed E-state index contributed by atoms with van der Waals surface area (Å²) in [6.45, 7) is 0. The van der Waals surface area contributed by atoms with Crippen molar-refractivity contribution >= 4 is 50.5 Å². The number of hydrogen-bond acceptors (Lipinski definition) is 7. The summed E-state index contributed by atoms with van der Waals surface area (Å²) < 4.78 is 38.2. The van der Waals surface area contributed by atoms with Crippen LogP contribution in [0, 0.1) is 0 Å². The molecule has 0 bridgehead atoms. The molecule has 0 spiro atoms. The highest BCUT2D eigenvalue weighted by molar-refractivity contribution is 7.99. The molecule has 3 heterocycles. The first-order valence-corrected chi connectivity index (χ1v) is 14.4. The SMILES string of the molecule is COc1ccc(N2C(=S)N[C@H](c3ccccn3)[C@H]2c2ccc(Sc3ccccc3)o2)cc1NS(C)(=O)=O. The summed E-state index contributed by atoms with van der Waals surface area (Å²) in [4.78, 5) is 7.54. The standard InChI is InChI=1S/C26H24N4O4S3/c1-33-21-12-11-17(16-20(21)29-37(2,31)32)30-25(24(28-26(30)35)19-10-6-7-15-27-19)22-13-14-23(34-22)36-18-8-4-3-5-9-18/h3-16,24-25,29H,1-2H3,(H,28,35)/t24-,25-/m1/s1. The number of thiocarbonyl (C=S) groups is 1. The molecule has 2 atom stereocenters. The molecule has 0 unspecified atom stereocenters. The second kappa shape index (κ2) is 10.4. The van der Waals surface area contributed by atoms with Crippen molar-refractivity contribution in [1.82, 2.24) is 10.3 Å². The summed E-state index contributed by atoms with van der Waals surface area (Å²) in [7, 11) is -2.05. The van der Waals surface area contributed by atoms with E-state index in [1.165, 1.54) is 18.9 Å². The number of rotatable bonds is 8. The van der Waals surface area contributed by atoms with Crippen molar-refractivity contribution in [2.45, 2.75) is 22.1 Å². The fraction of sp³-hybridized carbons (Fsp3) is 0.154. The maximum absolute atomic E-state index is 12.0. The van der Waals surface area contributed by atoms with Gasteiger partial charge in [-0.15, -0.1) is 0 Å². The molecule has 0 saturated carbocycles. The first kappa shape index (κ1) is 25.1. The Morgan fingerprint density at radius 1 is 1.08 bits per heavy atom. The van der Waals surface area contributed by atoms with Gasteiger partial charge in [0.05, 0.1) is 30.8 Å². The molecular weight excluding hydrogens is 529 g/mol. The lowest BCUT2D eigenvalue weighted by Crippen LogP contribution is -2.29. The summed E-state index contributed by atoms with van der Waals surface area (Å²) in [6, 6.07) is 24.1. The number of methoxy groups -OCH3 is 1. The summed E-state index contributed by atoms with van der Waals surface area (Å²) in [6.07, 6.45) is 2.83. The van der Waals surface area contributed by atoms with Crippen LogP contribution in [0.5, 0.6) is 5.75 Å². The fourth-order valence-electron chi connectivity index (χ4n) is 4.20. The van der Waals surface area contributed by atoms with Gasteiger partial charge in [-0.3, -0.25) is 9.71 Å². The van der Waals surface area contributed by atoms with Crippen LogP contribution in [0.4, 0.5) is 11.4 Å². The third-order valence-corrected chi connectivity index (χ3v) is 7.54. The van der Waals surface area contributed by atoms with Gasteiger partial charge in [0, 0.05) is 16.8 Å². The van der Waals surface area contributed by atoms with E-state index < -0.39 is 10.0 Å². The average Bonchev–Trinajstić information content (AvgIpc) is 3.48. The summed E-state index contributed by atoms with van der Waals surface area (Å²) >= 11 is 7.30. The topological polar surface area (TPSA) is 96.7 Å². The van der Waals surface area contributed by atoms with Crippen molar-refractivity contribution in [3.63, 3.8) is 0 Å². The zero-order chi connectivity index (χ0) is 26.0. The fourth-order valence-corrected chi connectivity index (χ4v) is 5.90. The van der Waals surface area contributed by atoms with Gasteiger partial charge in [0.1, 0.15) is 17.6 Å². The minimum Gasteiger partial charge on any atom is -0.495 e. The van der Waals surface area contributed by atoms with Crippen LogP contribution in [-0.2, 0) is 10.0 Å². The molecule has 1 aliphatic heterocycles. The van der Waals surface area contributed by atoms with Crippen LogP contribution in [-0.4, -0.2) is 31.9 Å². The number of hydrogen-bond donors (Lipinski definition) is 2. The Morgan fingerprint density at radius 2 is 1.86 bits per heavy atom. The van der Waals surface area contributed by atoms with E-state index in [0.717, 1.165) is 21.9 Å². The van der Waals surface area contributed by atoms with E-state index in [1.807, 2.05) is 71.6 Å². The number of ether oxygens (including phenoxy) is 1. The second-order valence-corrected chi connectivity index (χ2v) is 11.5. The monoisotopic (exact) mass is 552 g/mol. The maximum atomic E-state index is 12.0. The number of aromatic nitrogens is 1. The number of sulfonamides is 1. The first-order valence-electron chi connectivity index (χ1n) is 11.3. The lowest BCUT2D eigenvalue weighted by Gasteiger charge is -2.27. The molecule has 0 aliphatic carbocycles. The van der Waals surface area contributed by atoms with Crippen molar-refractivity contribution < 1.29 is 17.6 Å². The average molecular weight is 553 g/mol. The smallest absolute Gasteiger partial charge is 0.229 e. The zero-order valence-electron chi connectivity index (χ0n) is 20.0. The molecule has 2 aromatic heterocycles. The summed E-state index contributed by atoms with van der Waals surface area (Å²) in [5.41, 5.74) is 1.78. The minimum absolute atomic E-state index is 0.303. The highest BCUT2D eigenvalue weighted by Gasteiger charge is 2.42. The van der Waals surface area contributed by atoms with Crippen LogP contribution in [0.3, 0.4) is 0 Å².